The average Bonchev–Trinajstić information content (AvgIpc) is 1.89. The monoisotopic (exact) mass is 135 g/mol. The number of halogens is 1. The number of rotatable bonds is 0. The standard InChI is InChI=1S/C8H4Cl/c1-2-7-5-3-4-6-8(7)9/h1,4-6H. The molecule has 0 N–H and O–H groups in total. The van der Waals surface area contributed by atoms with Crippen LogP contribution in [0, 0.1) is 18.4 Å². The number of benzene rings is 1. The van der Waals surface area contributed by atoms with E-state index < -0.39 is 0 Å². The first kappa shape index (κ1) is 6.19. The van der Waals surface area contributed by atoms with Gasteiger partial charge in [-0.05, 0) is 18.2 Å². The second kappa shape index (κ2) is 2.57. The molecule has 0 atom stereocenters. The number of hydrogen-bond donors (Lipinski definition) is 0. The summed E-state index contributed by atoms with van der Waals surface area (Å²) in [5.41, 5.74) is 0.694. The van der Waals surface area contributed by atoms with E-state index in [4.69, 9.17) is 18.0 Å². The maximum Gasteiger partial charge on any atom is 0.0562 e. The molecule has 0 aliphatic heterocycles. The van der Waals surface area contributed by atoms with Gasteiger partial charge < -0.3 is 0 Å². The molecule has 1 aromatic carbocycles. The van der Waals surface area contributed by atoms with Crippen LogP contribution in [0.3, 0.4) is 0 Å². The average molecular weight is 136 g/mol. The van der Waals surface area contributed by atoms with E-state index in [9.17, 15) is 0 Å². The molecule has 1 aromatic rings. The molecule has 0 saturated heterocycles. The molecule has 0 amide bonds. The molecular weight excluding hydrogens is 132 g/mol. The Morgan fingerprint density at radius 2 is 2.44 bits per heavy atom. The molecule has 0 unspecified atom stereocenters. The molecule has 0 nitrogen and oxygen atoms in total. The van der Waals surface area contributed by atoms with Gasteiger partial charge in [-0.25, -0.2) is 0 Å². The van der Waals surface area contributed by atoms with Gasteiger partial charge in [0.25, 0.3) is 0 Å². The van der Waals surface area contributed by atoms with Crippen LogP contribution in [0.2, 0.25) is 5.02 Å². The van der Waals surface area contributed by atoms with Gasteiger partial charge in [0.15, 0.2) is 0 Å². The van der Waals surface area contributed by atoms with E-state index in [1.807, 2.05) is 0 Å². The fraction of sp³-hybridized carbons (Fsp3) is 0. The van der Waals surface area contributed by atoms with E-state index >= 15 is 0 Å². The van der Waals surface area contributed by atoms with Crippen LogP contribution >= 0.6 is 11.6 Å². The molecule has 0 aliphatic carbocycles. The summed E-state index contributed by atoms with van der Waals surface area (Å²) in [6.07, 6.45) is 5.10. The van der Waals surface area contributed by atoms with Crippen molar-refractivity contribution in [2.75, 3.05) is 0 Å². The predicted octanol–water partition coefficient (Wildman–Crippen LogP) is 2.12. The minimum Gasteiger partial charge on any atom is -0.115 e. The van der Waals surface area contributed by atoms with Crippen molar-refractivity contribution in [1.82, 2.24) is 0 Å². The van der Waals surface area contributed by atoms with E-state index in [-0.39, 0.29) is 0 Å². The van der Waals surface area contributed by atoms with Gasteiger partial charge in [0, 0.05) is 5.56 Å². The summed E-state index contributed by atoms with van der Waals surface area (Å²) >= 11 is 5.66. The Morgan fingerprint density at radius 3 is 2.89 bits per heavy atom. The zero-order chi connectivity index (χ0) is 6.69. The van der Waals surface area contributed by atoms with Gasteiger partial charge in [0.1, 0.15) is 0 Å². The third-order valence-electron chi connectivity index (χ3n) is 0.966. The van der Waals surface area contributed by atoms with Crippen LogP contribution in [0.5, 0.6) is 0 Å². The van der Waals surface area contributed by atoms with E-state index in [0.717, 1.165) is 0 Å². The SMILES string of the molecule is C#Cc1c[c]ccc1Cl. The fourth-order valence-corrected chi connectivity index (χ4v) is 0.694. The van der Waals surface area contributed by atoms with Crippen molar-refractivity contribution in [3.63, 3.8) is 0 Å². The number of hydrogen-bond acceptors (Lipinski definition) is 0. The lowest BCUT2D eigenvalue weighted by Gasteiger charge is -1.89. The molecule has 1 rings (SSSR count). The van der Waals surface area contributed by atoms with Crippen LogP contribution in [-0.2, 0) is 0 Å². The molecule has 0 fully saturated rings. The first-order valence-electron chi connectivity index (χ1n) is 2.47. The molecule has 1 radical (unpaired) electrons. The molecule has 0 saturated carbocycles. The molecule has 0 heterocycles. The second-order valence-corrected chi connectivity index (χ2v) is 1.96. The van der Waals surface area contributed by atoms with Crippen LogP contribution in [-0.4, -0.2) is 0 Å². The summed E-state index contributed by atoms with van der Waals surface area (Å²) in [5.74, 6) is 2.43. The molecule has 0 aromatic heterocycles. The minimum atomic E-state index is 0.608. The minimum absolute atomic E-state index is 0.608. The lowest BCUT2D eigenvalue weighted by molar-refractivity contribution is 1.63. The number of terminal acetylenes is 1. The highest BCUT2D eigenvalue weighted by molar-refractivity contribution is 6.31. The molecule has 1 heteroatoms. The summed E-state index contributed by atoms with van der Waals surface area (Å²) in [6, 6.07) is 7.95. The van der Waals surface area contributed by atoms with Crippen LogP contribution < -0.4 is 0 Å². The highest BCUT2D eigenvalue weighted by atomic mass is 35.5. The van der Waals surface area contributed by atoms with Crippen molar-refractivity contribution >= 4 is 11.6 Å². The smallest absolute Gasteiger partial charge is 0.0562 e. The van der Waals surface area contributed by atoms with Crippen molar-refractivity contribution < 1.29 is 0 Å². The van der Waals surface area contributed by atoms with Gasteiger partial charge in [-0.1, -0.05) is 23.6 Å². The highest BCUT2D eigenvalue weighted by Crippen LogP contribution is 2.11. The predicted molar refractivity (Wildman–Crippen MR) is 38.2 cm³/mol. The van der Waals surface area contributed by atoms with Crippen molar-refractivity contribution in [2.45, 2.75) is 0 Å². The maximum absolute atomic E-state index is 5.66. The summed E-state index contributed by atoms with van der Waals surface area (Å²) in [7, 11) is 0. The van der Waals surface area contributed by atoms with Crippen molar-refractivity contribution in [1.29, 1.82) is 0 Å². The summed E-state index contributed by atoms with van der Waals surface area (Å²) in [5, 5.41) is 0.608. The van der Waals surface area contributed by atoms with E-state index in [0.29, 0.717) is 10.6 Å². The second-order valence-electron chi connectivity index (χ2n) is 1.55. The van der Waals surface area contributed by atoms with Crippen LogP contribution in [0.1, 0.15) is 5.56 Å². The van der Waals surface area contributed by atoms with Gasteiger partial charge in [-0.15, -0.1) is 6.42 Å². The lowest BCUT2D eigenvalue weighted by atomic mass is 10.2. The Balaban J connectivity index is 3.20. The normalized spacial score (nSPS) is 8.44. The zero-order valence-electron chi connectivity index (χ0n) is 4.69. The quantitative estimate of drug-likeness (QED) is 0.478. The van der Waals surface area contributed by atoms with Crippen molar-refractivity contribution in [3.8, 4) is 12.3 Å². The van der Waals surface area contributed by atoms with E-state index in [1.54, 1.807) is 18.2 Å². The Hall–Kier alpha value is -0.930. The van der Waals surface area contributed by atoms with Crippen molar-refractivity contribution in [3.05, 3.63) is 34.9 Å². The third-order valence-corrected chi connectivity index (χ3v) is 1.30. The summed E-state index contributed by atoms with van der Waals surface area (Å²) in [6.45, 7) is 0. The van der Waals surface area contributed by atoms with Gasteiger partial charge in [0.05, 0.1) is 5.02 Å². The Morgan fingerprint density at radius 1 is 1.67 bits per heavy atom. The summed E-state index contributed by atoms with van der Waals surface area (Å²) < 4.78 is 0. The van der Waals surface area contributed by atoms with Gasteiger partial charge in [-0.3, -0.25) is 0 Å². The Bertz CT molecular complexity index is 245. The largest absolute Gasteiger partial charge is 0.115 e. The fourth-order valence-electron chi connectivity index (χ4n) is 0.522. The highest BCUT2D eigenvalue weighted by Gasteiger charge is 1.90. The Labute approximate surface area is 59.5 Å². The first-order valence-corrected chi connectivity index (χ1v) is 2.84. The van der Waals surface area contributed by atoms with Crippen LogP contribution in [0.15, 0.2) is 18.2 Å². The van der Waals surface area contributed by atoms with Gasteiger partial charge >= 0.3 is 0 Å². The zero-order valence-corrected chi connectivity index (χ0v) is 5.44. The molecule has 9 heavy (non-hydrogen) atoms. The molecule has 0 aliphatic rings. The van der Waals surface area contributed by atoms with E-state index in [2.05, 4.69) is 12.0 Å². The topological polar surface area (TPSA) is 0 Å². The molecule has 0 spiro atoms. The van der Waals surface area contributed by atoms with Gasteiger partial charge in [0.2, 0.25) is 0 Å². The lowest BCUT2D eigenvalue weighted by Crippen LogP contribution is -1.72. The van der Waals surface area contributed by atoms with Gasteiger partial charge in [-0.2, -0.15) is 0 Å². The first-order chi connectivity index (χ1) is 4.34. The van der Waals surface area contributed by atoms with Crippen molar-refractivity contribution in [2.24, 2.45) is 0 Å². The van der Waals surface area contributed by atoms with Crippen LogP contribution in [0.25, 0.3) is 0 Å². The maximum atomic E-state index is 5.66. The molecule has 0 bridgehead atoms. The Kier molecular flexibility index (Phi) is 1.77. The molecule has 43 valence electrons. The third kappa shape index (κ3) is 1.25. The van der Waals surface area contributed by atoms with Crippen LogP contribution in [0.4, 0.5) is 0 Å². The van der Waals surface area contributed by atoms with E-state index in [1.165, 1.54) is 0 Å². The molecular formula is C8H4Cl. The summed E-state index contributed by atoms with van der Waals surface area (Å²) in [4.78, 5) is 0.